The van der Waals surface area contributed by atoms with Gasteiger partial charge < -0.3 is 15.4 Å². The maximum atomic E-state index is 11.8. The number of rotatable bonds is 5. The van der Waals surface area contributed by atoms with Crippen molar-refractivity contribution in [3.8, 4) is 11.8 Å². The summed E-state index contributed by atoms with van der Waals surface area (Å²) >= 11 is 0. The topological polar surface area (TPSA) is 74.2 Å². The molecule has 0 bridgehead atoms. The Bertz CT molecular complexity index is 660. The van der Waals surface area contributed by atoms with Gasteiger partial charge in [-0.1, -0.05) is 6.07 Å². The lowest BCUT2D eigenvalue weighted by Gasteiger charge is -2.08. The van der Waals surface area contributed by atoms with Crippen molar-refractivity contribution in [3.05, 3.63) is 54.1 Å². The average Bonchev–Trinajstić information content (AvgIpc) is 2.53. The molecular weight excluding hydrogens is 266 g/mol. The zero-order chi connectivity index (χ0) is 15.1. The first-order chi connectivity index (χ1) is 10.2. The van der Waals surface area contributed by atoms with Gasteiger partial charge >= 0.3 is 0 Å². The van der Waals surface area contributed by atoms with E-state index in [1.54, 1.807) is 31.4 Å². The van der Waals surface area contributed by atoms with Crippen LogP contribution in [0.15, 0.2) is 48.5 Å². The van der Waals surface area contributed by atoms with Crippen LogP contribution < -0.4 is 15.4 Å². The number of amides is 1. The van der Waals surface area contributed by atoms with Crippen molar-refractivity contribution in [1.29, 1.82) is 5.26 Å². The van der Waals surface area contributed by atoms with Crippen molar-refractivity contribution >= 4 is 17.3 Å². The van der Waals surface area contributed by atoms with E-state index in [-0.39, 0.29) is 12.5 Å². The van der Waals surface area contributed by atoms with Gasteiger partial charge in [-0.3, -0.25) is 4.79 Å². The van der Waals surface area contributed by atoms with Crippen LogP contribution in [0.1, 0.15) is 5.56 Å². The summed E-state index contributed by atoms with van der Waals surface area (Å²) in [7, 11) is 1.60. The normalized spacial score (nSPS) is 9.52. The van der Waals surface area contributed by atoms with Gasteiger partial charge in [0.2, 0.25) is 5.91 Å². The number of carbonyl (C=O) groups excluding carboxylic acids is 1. The Hall–Kier alpha value is -3.00. The second-order valence-corrected chi connectivity index (χ2v) is 4.32. The number of hydrogen-bond donors (Lipinski definition) is 2. The Morgan fingerprint density at radius 2 is 1.95 bits per heavy atom. The minimum Gasteiger partial charge on any atom is -0.497 e. The average molecular weight is 281 g/mol. The third-order valence-corrected chi connectivity index (χ3v) is 2.82. The van der Waals surface area contributed by atoms with E-state index in [1.165, 1.54) is 0 Å². The largest absolute Gasteiger partial charge is 0.497 e. The number of anilines is 2. The van der Waals surface area contributed by atoms with Gasteiger partial charge in [-0.2, -0.15) is 5.26 Å². The number of hydrogen-bond acceptors (Lipinski definition) is 4. The highest BCUT2D eigenvalue weighted by molar-refractivity contribution is 5.93. The number of methoxy groups -OCH3 is 1. The number of nitriles is 1. The molecule has 0 heterocycles. The van der Waals surface area contributed by atoms with Gasteiger partial charge in [0.1, 0.15) is 5.75 Å². The summed E-state index contributed by atoms with van der Waals surface area (Å²) < 4.78 is 5.06. The molecule has 2 N–H and O–H groups in total. The van der Waals surface area contributed by atoms with Crippen LogP contribution in [0.2, 0.25) is 0 Å². The van der Waals surface area contributed by atoms with Gasteiger partial charge in [-0.25, -0.2) is 0 Å². The number of ether oxygens (including phenoxy) is 1. The summed E-state index contributed by atoms with van der Waals surface area (Å²) in [5.74, 6) is 0.583. The Morgan fingerprint density at radius 1 is 1.19 bits per heavy atom. The number of carbonyl (C=O) groups is 1. The first-order valence-corrected chi connectivity index (χ1v) is 6.39. The summed E-state index contributed by atoms with van der Waals surface area (Å²) in [6, 6.07) is 16.1. The lowest BCUT2D eigenvalue weighted by Crippen LogP contribution is -2.21. The van der Waals surface area contributed by atoms with Crippen LogP contribution in [0.4, 0.5) is 11.4 Å². The standard InChI is InChI=1S/C16H15N3O2/c1-21-15-7-5-13(6-8-15)18-11-16(20)19-14-4-2-3-12(9-14)10-17/h2-9,18H,11H2,1H3,(H,19,20). The molecule has 2 rings (SSSR count). The fraction of sp³-hybridized carbons (Fsp3) is 0.125. The van der Waals surface area contributed by atoms with Gasteiger partial charge in [-0.05, 0) is 42.5 Å². The predicted octanol–water partition coefficient (Wildman–Crippen LogP) is 2.62. The molecule has 0 fully saturated rings. The van der Waals surface area contributed by atoms with Crippen LogP contribution in [0.3, 0.4) is 0 Å². The van der Waals surface area contributed by atoms with Crippen molar-refractivity contribution in [2.75, 3.05) is 24.3 Å². The Morgan fingerprint density at radius 3 is 2.62 bits per heavy atom. The Labute approximate surface area is 123 Å². The molecule has 1 amide bonds. The monoisotopic (exact) mass is 281 g/mol. The molecule has 0 spiro atoms. The molecule has 0 atom stereocenters. The zero-order valence-corrected chi connectivity index (χ0v) is 11.6. The van der Waals surface area contributed by atoms with Crippen LogP contribution in [0, 0.1) is 11.3 Å². The Kier molecular flexibility index (Phi) is 4.78. The number of nitrogens with zero attached hydrogens (tertiary/aromatic N) is 1. The maximum absolute atomic E-state index is 11.8. The molecule has 0 saturated heterocycles. The molecule has 106 valence electrons. The number of benzene rings is 2. The van der Waals surface area contributed by atoms with Crippen molar-refractivity contribution < 1.29 is 9.53 Å². The summed E-state index contributed by atoms with van der Waals surface area (Å²) in [4.78, 5) is 11.8. The molecule has 2 aromatic carbocycles. The van der Waals surface area contributed by atoms with Crippen LogP contribution in [-0.2, 0) is 4.79 Å². The van der Waals surface area contributed by atoms with E-state index >= 15 is 0 Å². The van der Waals surface area contributed by atoms with E-state index in [4.69, 9.17) is 10.00 Å². The fourth-order valence-corrected chi connectivity index (χ4v) is 1.76. The minimum absolute atomic E-state index is 0.142. The fourth-order valence-electron chi connectivity index (χ4n) is 1.76. The summed E-state index contributed by atoms with van der Waals surface area (Å²) in [5, 5.41) is 14.5. The molecule has 21 heavy (non-hydrogen) atoms. The molecule has 0 aliphatic carbocycles. The molecule has 5 heteroatoms. The minimum atomic E-state index is -0.180. The lowest BCUT2D eigenvalue weighted by molar-refractivity contribution is -0.114. The maximum Gasteiger partial charge on any atom is 0.243 e. The highest BCUT2D eigenvalue weighted by Crippen LogP contribution is 2.15. The molecule has 0 saturated carbocycles. The summed E-state index contributed by atoms with van der Waals surface area (Å²) in [6.07, 6.45) is 0. The van der Waals surface area contributed by atoms with Crippen molar-refractivity contribution in [3.63, 3.8) is 0 Å². The Balaban J connectivity index is 1.88. The van der Waals surface area contributed by atoms with Crippen LogP contribution in [-0.4, -0.2) is 19.6 Å². The van der Waals surface area contributed by atoms with Gasteiger partial charge in [-0.15, -0.1) is 0 Å². The lowest BCUT2D eigenvalue weighted by atomic mass is 10.2. The van der Waals surface area contributed by atoms with E-state index in [0.717, 1.165) is 11.4 Å². The van der Waals surface area contributed by atoms with Crippen molar-refractivity contribution in [1.82, 2.24) is 0 Å². The van der Waals surface area contributed by atoms with E-state index in [2.05, 4.69) is 10.6 Å². The molecule has 0 unspecified atom stereocenters. The van der Waals surface area contributed by atoms with Crippen molar-refractivity contribution in [2.24, 2.45) is 0 Å². The molecule has 5 nitrogen and oxygen atoms in total. The third-order valence-electron chi connectivity index (χ3n) is 2.82. The van der Waals surface area contributed by atoms with Crippen LogP contribution >= 0.6 is 0 Å². The first-order valence-electron chi connectivity index (χ1n) is 6.39. The van der Waals surface area contributed by atoms with Crippen LogP contribution in [0.25, 0.3) is 0 Å². The van der Waals surface area contributed by atoms with E-state index in [1.807, 2.05) is 30.3 Å². The molecule has 0 radical (unpaired) electrons. The van der Waals surface area contributed by atoms with Gasteiger partial charge in [0.15, 0.2) is 0 Å². The van der Waals surface area contributed by atoms with Gasteiger partial charge in [0, 0.05) is 11.4 Å². The van der Waals surface area contributed by atoms with E-state index in [9.17, 15) is 4.79 Å². The third kappa shape index (κ3) is 4.25. The van der Waals surface area contributed by atoms with E-state index in [0.29, 0.717) is 11.3 Å². The first kappa shape index (κ1) is 14.4. The highest BCUT2D eigenvalue weighted by atomic mass is 16.5. The predicted molar refractivity (Wildman–Crippen MR) is 81.3 cm³/mol. The van der Waals surface area contributed by atoms with Gasteiger partial charge in [0.05, 0.1) is 25.3 Å². The second-order valence-electron chi connectivity index (χ2n) is 4.32. The smallest absolute Gasteiger partial charge is 0.243 e. The molecule has 0 aliphatic heterocycles. The molecular formula is C16H15N3O2. The SMILES string of the molecule is COc1ccc(NCC(=O)Nc2cccc(C#N)c2)cc1. The van der Waals surface area contributed by atoms with Crippen molar-refractivity contribution in [2.45, 2.75) is 0 Å². The second kappa shape index (κ2) is 6.96. The zero-order valence-electron chi connectivity index (χ0n) is 11.6. The van der Waals surface area contributed by atoms with Gasteiger partial charge in [0.25, 0.3) is 0 Å². The summed E-state index contributed by atoms with van der Waals surface area (Å²) in [6.45, 7) is 0.142. The number of nitrogens with one attached hydrogen (secondary N) is 2. The van der Waals surface area contributed by atoms with E-state index < -0.39 is 0 Å². The van der Waals surface area contributed by atoms with Crippen LogP contribution in [0.5, 0.6) is 5.75 Å². The summed E-state index contributed by atoms with van der Waals surface area (Å²) in [5.41, 5.74) is 1.95. The quantitative estimate of drug-likeness (QED) is 0.883. The molecule has 0 aromatic heterocycles. The molecule has 0 aliphatic rings. The molecule has 2 aromatic rings. The highest BCUT2D eigenvalue weighted by Gasteiger charge is 2.03.